The molecule has 63 heavy (non-hydrogen) atoms. The average molecular weight is 864 g/mol. The van der Waals surface area contributed by atoms with Crippen LogP contribution in [0.25, 0.3) is 11.1 Å². The number of anilines is 2. The van der Waals surface area contributed by atoms with Crippen LogP contribution >= 0.6 is 0 Å². The van der Waals surface area contributed by atoms with E-state index < -0.39 is 36.1 Å². The van der Waals surface area contributed by atoms with Crippen molar-refractivity contribution in [2.24, 2.45) is 18.9 Å². The molecule has 1 unspecified atom stereocenters. The van der Waals surface area contributed by atoms with Gasteiger partial charge in [-0.05, 0) is 110 Å². The van der Waals surface area contributed by atoms with Crippen molar-refractivity contribution in [3.05, 3.63) is 81.3 Å². The Morgan fingerprint density at radius 3 is 2.37 bits per heavy atom. The van der Waals surface area contributed by atoms with Crippen molar-refractivity contribution >= 4 is 47.5 Å². The Morgan fingerprint density at radius 1 is 0.937 bits per heavy atom. The van der Waals surface area contributed by atoms with E-state index in [4.69, 9.17) is 5.10 Å². The van der Waals surface area contributed by atoms with Crippen LogP contribution in [-0.4, -0.2) is 84.4 Å². The molecule has 2 aromatic heterocycles. The van der Waals surface area contributed by atoms with E-state index >= 15 is 0 Å². The number of carbonyl (C=O) groups is 6. The summed E-state index contributed by atoms with van der Waals surface area (Å²) in [5, 5.41) is 14.5. The summed E-state index contributed by atoms with van der Waals surface area (Å²) in [5.74, 6) is -1.38. The average Bonchev–Trinajstić information content (AvgIpc) is 3.93. The van der Waals surface area contributed by atoms with Gasteiger partial charge in [0.1, 0.15) is 6.04 Å². The number of amides is 6. The highest BCUT2D eigenvalue weighted by Crippen LogP contribution is 2.43. The number of fused-ring (bicyclic) bond motifs is 3. The fourth-order valence-corrected chi connectivity index (χ4v) is 10.4. The first kappa shape index (κ1) is 42.1. The van der Waals surface area contributed by atoms with Crippen LogP contribution < -0.4 is 15.5 Å². The summed E-state index contributed by atoms with van der Waals surface area (Å²) < 4.78 is 33.1. The van der Waals surface area contributed by atoms with Gasteiger partial charge in [-0.2, -0.15) is 10.2 Å². The first-order valence-electron chi connectivity index (χ1n) is 22.1. The van der Waals surface area contributed by atoms with Gasteiger partial charge >= 0.3 is 0 Å². The predicted molar refractivity (Wildman–Crippen MR) is 226 cm³/mol. The van der Waals surface area contributed by atoms with E-state index in [-0.39, 0.29) is 53.8 Å². The highest BCUT2D eigenvalue weighted by molar-refractivity contribution is 6.23. The number of nitrogens with one attached hydrogen (secondary N) is 2. The Bertz CT molecular complexity index is 2520. The third kappa shape index (κ3) is 7.79. The van der Waals surface area contributed by atoms with Crippen molar-refractivity contribution in [2.75, 3.05) is 18.0 Å². The fraction of sp³-hybridized carbons (Fsp3) is 0.478. The molecule has 2 aromatic carbocycles. The maximum Gasteiger partial charge on any atom is 0.264 e. The topological polar surface area (TPSA) is 172 Å². The maximum atomic E-state index is 14.7. The molecular weight excluding hydrogens is 813 g/mol. The number of hydrogen-bond acceptors (Lipinski definition) is 9. The zero-order valence-electron chi connectivity index (χ0n) is 35.5. The monoisotopic (exact) mass is 863 g/mol. The summed E-state index contributed by atoms with van der Waals surface area (Å²) in [4.78, 5) is 81.7. The van der Waals surface area contributed by atoms with E-state index in [1.807, 2.05) is 20.5 Å². The number of rotatable bonds is 12. The summed E-state index contributed by atoms with van der Waals surface area (Å²) in [6.07, 6.45) is 8.08. The van der Waals surface area contributed by atoms with Gasteiger partial charge in [0.05, 0.1) is 17.3 Å². The second kappa shape index (κ2) is 17.1. The number of aromatic nitrogens is 4. The number of hydrogen-bond donors (Lipinski definition) is 2. The van der Waals surface area contributed by atoms with Crippen LogP contribution in [0.4, 0.5) is 20.3 Å². The van der Waals surface area contributed by atoms with Crippen LogP contribution in [0.5, 0.6) is 0 Å². The number of aryl methyl sites for hydroxylation is 2. The molecule has 0 radical (unpaired) electrons. The van der Waals surface area contributed by atoms with Crippen molar-refractivity contribution in [2.45, 2.75) is 110 Å². The lowest BCUT2D eigenvalue weighted by Gasteiger charge is -2.35. The molecule has 17 heteroatoms. The highest BCUT2D eigenvalue weighted by atomic mass is 19.3. The van der Waals surface area contributed by atoms with Gasteiger partial charge in [-0.25, -0.2) is 8.78 Å². The number of halogens is 2. The maximum absolute atomic E-state index is 14.7. The first-order valence-corrected chi connectivity index (χ1v) is 22.1. The van der Waals surface area contributed by atoms with E-state index in [1.165, 1.54) is 0 Å². The second-order valence-corrected chi connectivity index (χ2v) is 17.5. The number of nitrogens with zero attached hydrogens (tertiary/aromatic N) is 7. The minimum atomic E-state index is -2.70. The van der Waals surface area contributed by atoms with Crippen LogP contribution in [0.3, 0.4) is 0 Å². The number of piperidine rings is 1. The molecule has 1 saturated carbocycles. The third-order valence-electron chi connectivity index (χ3n) is 13.6. The molecule has 0 bridgehead atoms. The largest absolute Gasteiger partial charge is 0.354 e. The molecule has 2 fully saturated rings. The van der Waals surface area contributed by atoms with Gasteiger partial charge in [0.2, 0.25) is 24.1 Å². The normalized spacial score (nSPS) is 21.1. The fourth-order valence-electron chi connectivity index (χ4n) is 10.4. The lowest BCUT2D eigenvalue weighted by Crippen LogP contribution is -2.54. The number of carbonyl (C=O) groups excluding carboxylic acids is 6. The number of imide groups is 2. The first-order chi connectivity index (χ1) is 30.4. The quantitative estimate of drug-likeness (QED) is 0.142. The summed E-state index contributed by atoms with van der Waals surface area (Å²) in [6, 6.07) is 5.84. The van der Waals surface area contributed by atoms with E-state index in [2.05, 4.69) is 22.7 Å². The Kier molecular flexibility index (Phi) is 11.4. The molecule has 15 nitrogen and oxygen atoms in total. The molecular formula is C46H51F2N9O6. The van der Waals surface area contributed by atoms with Crippen LogP contribution in [-0.2, 0) is 65.1 Å². The SMILES string of the molecule is CCCc1c(CNC=O)c(N2CCCc3cc(-c4cnn(C)c4)c(C(F)F)cc32)nn1CC1CCC(C(=O)N2CCc3cc4c(cc3C2)C(=O)N(C2CCC(=O)NC2=O)C4=O)CC1. The van der Waals surface area contributed by atoms with Crippen LogP contribution in [0, 0.1) is 11.8 Å². The minimum absolute atomic E-state index is 0.0437. The summed E-state index contributed by atoms with van der Waals surface area (Å²) in [7, 11) is 1.76. The minimum Gasteiger partial charge on any atom is -0.354 e. The number of benzene rings is 2. The smallest absolute Gasteiger partial charge is 0.264 e. The van der Waals surface area contributed by atoms with Gasteiger partial charge in [0.15, 0.2) is 5.82 Å². The zero-order chi connectivity index (χ0) is 44.1. The molecule has 1 saturated heterocycles. The van der Waals surface area contributed by atoms with Crippen molar-refractivity contribution in [1.82, 2.24) is 40.0 Å². The van der Waals surface area contributed by atoms with Crippen molar-refractivity contribution in [3.63, 3.8) is 0 Å². The second-order valence-electron chi connectivity index (χ2n) is 17.5. The van der Waals surface area contributed by atoms with Gasteiger partial charge in [0.25, 0.3) is 18.2 Å². The van der Waals surface area contributed by atoms with E-state index in [0.29, 0.717) is 80.9 Å². The summed E-state index contributed by atoms with van der Waals surface area (Å²) in [6.45, 7) is 4.36. The Hall–Kier alpha value is -6.26. The van der Waals surface area contributed by atoms with Crippen LogP contribution in [0.2, 0.25) is 0 Å². The molecule has 0 spiro atoms. The molecule has 5 aliphatic rings. The third-order valence-corrected chi connectivity index (χ3v) is 13.6. The molecule has 1 aliphatic carbocycles. The molecule has 4 aliphatic heterocycles. The van der Waals surface area contributed by atoms with Crippen LogP contribution in [0.15, 0.2) is 36.7 Å². The van der Waals surface area contributed by atoms with Gasteiger partial charge in [0, 0.05) is 86.4 Å². The molecule has 4 aromatic rings. The lowest BCUT2D eigenvalue weighted by atomic mass is 9.81. The molecule has 2 N–H and O–H groups in total. The van der Waals surface area contributed by atoms with Crippen LogP contribution in [0.1, 0.15) is 119 Å². The highest BCUT2D eigenvalue weighted by Gasteiger charge is 2.45. The zero-order valence-corrected chi connectivity index (χ0v) is 35.5. The molecule has 9 rings (SSSR count). The van der Waals surface area contributed by atoms with Crippen molar-refractivity contribution < 1.29 is 37.5 Å². The molecule has 1 atom stereocenters. The van der Waals surface area contributed by atoms with Gasteiger partial charge in [-0.3, -0.25) is 48.3 Å². The molecule has 6 heterocycles. The molecule has 6 amide bonds. The number of alkyl halides is 2. The van der Waals surface area contributed by atoms with E-state index in [1.54, 1.807) is 42.3 Å². The van der Waals surface area contributed by atoms with E-state index in [0.717, 1.165) is 65.0 Å². The Balaban J connectivity index is 0.898. The standard InChI is InChI=1S/C46H51F2N9O6/c1-3-5-37-36(21-49-25-58)42(55-14-4-6-29-17-32(31-20-50-53(2)23-31)33(41(47)48)19-39(29)55)52-56(37)22-26-7-9-27(10-8-26)44(61)54-15-13-28-16-34-35(18-30(28)24-54)46(63)57(45(34)62)38-11-12-40(59)51-43(38)60/h16-20,23,25-27,38,41H,3-15,21-22,24H2,1-2H3,(H,49,58)(H,51,59,60). The summed E-state index contributed by atoms with van der Waals surface area (Å²) in [5.41, 5.74) is 6.73. The lowest BCUT2D eigenvalue weighted by molar-refractivity contribution is -0.138. The van der Waals surface area contributed by atoms with Gasteiger partial charge < -0.3 is 15.1 Å². The van der Waals surface area contributed by atoms with Gasteiger partial charge in [-0.15, -0.1) is 0 Å². The Morgan fingerprint density at radius 2 is 1.68 bits per heavy atom. The van der Waals surface area contributed by atoms with Gasteiger partial charge in [-0.1, -0.05) is 13.3 Å². The van der Waals surface area contributed by atoms with Crippen molar-refractivity contribution in [3.8, 4) is 11.1 Å². The Labute approximate surface area is 363 Å². The predicted octanol–water partition coefficient (Wildman–Crippen LogP) is 5.30. The van der Waals surface area contributed by atoms with E-state index in [9.17, 15) is 37.5 Å². The summed E-state index contributed by atoms with van der Waals surface area (Å²) >= 11 is 0. The van der Waals surface area contributed by atoms with Crippen molar-refractivity contribution in [1.29, 1.82) is 0 Å². The molecule has 330 valence electrons.